The van der Waals surface area contributed by atoms with Crippen LogP contribution in [-0.4, -0.2) is 23.9 Å². The molecule has 2 heteroatoms. The van der Waals surface area contributed by atoms with Crippen molar-refractivity contribution in [2.24, 2.45) is 5.92 Å². The van der Waals surface area contributed by atoms with Gasteiger partial charge in [-0.2, -0.15) is 0 Å². The molecule has 104 valence electrons. The minimum atomic E-state index is 0.0966. The van der Waals surface area contributed by atoms with Crippen molar-refractivity contribution >= 4 is 5.91 Å². The fourth-order valence-corrected chi connectivity index (χ4v) is 2.78. The summed E-state index contributed by atoms with van der Waals surface area (Å²) in [5.41, 5.74) is 1.20. The van der Waals surface area contributed by atoms with Gasteiger partial charge in [0.25, 0.3) is 0 Å². The number of rotatable bonds is 7. The van der Waals surface area contributed by atoms with Crippen molar-refractivity contribution < 1.29 is 4.79 Å². The van der Waals surface area contributed by atoms with Crippen LogP contribution in [0.3, 0.4) is 0 Å². The lowest BCUT2D eigenvalue weighted by atomic mass is 9.92. The first kappa shape index (κ1) is 14.1. The summed E-state index contributed by atoms with van der Waals surface area (Å²) < 4.78 is 0. The first-order valence-corrected chi connectivity index (χ1v) is 7.61. The van der Waals surface area contributed by atoms with Crippen LogP contribution < -0.4 is 0 Å². The molecule has 0 spiro atoms. The minimum Gasteiger partial charge on any atom is -0.342 e. The molecule has 0 radical (unpaired) electrons. The van der Waals surface area contributed by atoms with Crippen molar-refractivity contribution in [3.05, 3.63) is 35.9 Å². The summed E-state index contributed by atoms with van der Waals surface area (Å²) in [5, 5.41) is 0. The molecule has 0 aliphatic heterocycles. The Labute approximate surface area is 116 Å². The maximum Gasteiger partial charge on any atom is 0.230 e. The van der Waals surface area contributed by atoms with Gasteiger partial charge in [0, 0.05) is 13.1 Å². The standard InChI is InChI=1S/C17H25NO/c1-3-12-18(13-4-2)17(19)16(15-10-11-15)14-8-6-5-7-9-14/h5-9,15-16H,3-4,10-13H2,1-2H3. The van der Waals surface area contributed by atoms with Crippen LogP contribution in [-0.2, 0) is 4.79 Å². The third-order valence-corrected chi connectivity index (χ3v) is 3.82. The van der Waals surface area contributed by atoms with Crippen molar-refractivity contribution in [3.8, 4) is 0 Å². The van der Waals surface area contributed by atoms with Crippen molar-refractivity contribution in [2.45, 2.75) is 45.4 Å². The molecule has 1 aromatic carbocycles. The van der Waals surface area contributed by atoms with Gasteiger partial charge in [-0.3, -0.25) is 4.79 Å². The minimum absolute atomic E-state index is 0.0966. The van der Waals surface area contributed by atoms with Crippen LogP contribution in [0.4, 0.5) is 0 Å². The summed E-state index contributed by atoms with van der Waals surface area (Å²) in [6, 6.07) is 10.3. The highest BCUT2D eigenvalue weighted by Crippen LogP contribution is 2.43. The lowest BCUT2D eigenvalue weighted by molar-refractivity contribution is -0.133. The molecule has 1 saturated carbocycles. The Bertz CT molecular complexity index is 391. The summed E-state index contributed by atoms with van der Waals surface area (Å²) in [6.45, 7) is 6.07. The van der Waals surface area contributed by atoms with Gasteiger partial charge in [-0.05, 0) is 37.2 Å². The highest BCUT2D eigenvalue weighted by atomic mass is 16.2. The molecule has 1 unspecified atom stereocenters. The number of amides is 1. The highest BCUT2D eigenvalue weighted by molar-refractivity contribution is 5.84. The van der Waals surface area contributed by atoms with Crippen LogP contribution in [0.5, 0.6) is 0 Å². The molecular formula is C17H25NO. The number of hydrogen-bond acceptors (Lipinski definition) is 1. The van der Waals surface area contributed by atoms with Crippen LogP contribution >= 0.6 is 0 Å². The Balaban J connectivity index is 2.16. The van der Waals surface area contributed by atoms with E-state index >= 15 is 0 Å². The SMILES string of the molecule is CCCN(CCC)C(=O)C(c1ccccc1)C1CC1. The maximum absolute atomic E-state index is 12.8. The molecular weight excluding hydrogens is 234 g/mol. The Kier molecular flexibility index (Phi) is 5.00. The second kappa shape index (κ2) is 6.74. The molecule has 2 nitrogen and oxygen atoms in total. The molecule has 19 heavy (non-hydrogen) atoms. The third kappa shape index (κ3) is 3.59. The number of benzene rings is 1. The van der Waals surface area contributed by atoms with Gasteiger partial charge in [-0.15, -0.1) is 0 Å². The summed E-state index contributed by atoms with van der Waals surface area (Å²) in [5.74, 6) is 1.02. The van der Waals surface area contributed by atoms with Gasteiger partial charge in [-0.25, -0.2) is 0 Å². The second-order valence-electron chi connectivity index (χ2n) is 5.55. The summed E-state index contributed by atoms with van der Waals surface area (Å²) in [7, 11) is 0. The van der Waals surface area contributed by atoms with Gasteiger partial charge < -0.3 is 4.90 Å². The van der Waals surface area contributed by atoms with Gasteiger partial charge in [-0.1, -0.05) is 44.2 Å². The van der Waals surface area contributed by atoms with Crippen LogP contribution in [0.1, 0.15) is 51.0 Å². The Morgan fingerprint density at radius 3 is 2.21 bits per heavy atom. The van der Waals surface area contributed by atoms with Crippen LogP contribution in [0.15, 0.2) is 30.3 Å². The van der Waals surface area contributed by atoms with Crippen molar-refractivity contribution in [3.63, 3.8) is 0 Å². The van der Waals surface area contributed by atoms with E-state index in [1.165, 1.54) is 18.4 Å². The predicted octanol–water partition coefficient (Wildman–Crippen LogP) is 3.83. The lowest BCUT2D eigenvalue weighted by Crippen LogP contribution is -2.37. The average molecular weight is 259 g/mol. The molecule has 0 aromatic heterocycles. The van der Waals surface area contributed by atoms with E-state index in [-0.39, 0.29) is 5.92 Å². The number of hydrogen-bond donors (Lipinski definition) is 0. The first-order chi connectivity index (χ1) is 9.27. The molecule has 1 aromatic rings. The van der Waals surface area contributed by atoms with Crippen molar-refractivity contribution in [1.29, 1.82) is 0 Å². The van der Waals surface area contributed by atoms with Crippen LogP contribution in [0.2, 0.25) is 0 Å². The molecule has 0 saturated heterocycles. The maximum atomic E-state index is 12.8. The van der Waals surface area contributed by atoms with Gasteiger partial charge in [0.2, 0.25) is 5.91 Å². The van der Waals surface area contributed by atoms with E-state index in [2.05, 4.69) is 30.9 Å². The zero-order valence-corrected chi connectivity index (χ0v) is 12.1. The van der Waals surface area contributed by atoms with E-state index < -0.39 is 0 Å². The average Bonchev–Trinajstić information content (AvgIpc) is 3.24. The quantitative estimate of drug-likeness (QED) is 0.728. The molecule has 2 rings (SSSR count). The van der Waals surface area contributed by atoms with Crippen LogP contribution in [0.25, 0.3) is 0 Å². The lowest BCUT2D eigenvalue weighted by Gasteiger charge is -2.27. The van der Waals surface area contributed by atoms with Gasteiger partial charge >= 0.3 is 0 Å². The van der Waals surface area contributed by atoms with E-state index in [1.807, 2.05) is 18.2 Å². The first-order valence-electron chi connectivity index (χ1n) is 7.61. The van der Waals surface area contributed by atoms with E-state index in [0.717, 1.165) is 25.9 Å². The monoisotopic (exact) mass is 259 g/mol. The molecule has 0 N–H and O–H groups in total. The summed E-state index contributed by atoms with van der Waals surface area (Å²) in [6.07, 6.45) is 4.49. The van der Waals surface area contributed by atoms with Crippen LogP contribution in [0, 0.1) is 5.92 Å². The fraction of sp³-hybridized carbons (Fsp3) is 0.588. The third-order valence-electron chi connectivity index (χ3n) is 3.82. The zero-order chi connectivity index (χ0) is 13.7. The van der Waals surface area contributed by atoms with Gasteiger partial charge in [0.1, 0.15) is 0 Å². The largest absolute Gasteiger partial charge is 0.342 e. The normalized spacial score (nSPS) is 16.1. The topological polar surface area (TPSA) is 20.3 Å². The zero-order valence-electron chi connectivity index (χ0n) is 12.1. The smallest absolute Gasteiger partial charge is 0.230 e. The fourth-order valence-electron chi connectivity index (χ4n) is 2.78. The number of nitrogens with zero attached hydrogens (tertiary/aromatic N) is 1. The predicted molar refractivity (Wildman–Crippen MR) is 79.1 cm³/mol. The number of carbonyl (C=O) groups excluding carboxylic acids is 1. The van der Waals surface area contributed by atoms with E-state index in [4.69, 9.17) is 0 Å². The highest BCUT2D eigenvalue weighted by Gasteiger charge is 2.38. The molecule has 1 aliphatic carbocycles. The number of carbonyl (C=O) groups is 1. The Morgan fingerprint density at radius 2 is 1.74 bits per heavy atom. The molecule has 1 amide bonds. The molecule has 0 bridgehead atoms. The van der Waals surface area contributed by atoms with E-state index in [9.17, 15) is 4.79 Å². The summed E-state index contributed by atoms with van der Waals surface area (Å²) >= 11 is 0. The molecule has 1 atom stereocenters. The van der Waals surface area contributed by atoms with Gasteiger partial charge in [0.15, 0.2) is 0 Å². The van der Waals surface area contributed by atoms with Crippen molar-refractivity contribution in [2.75, 3.05) is 13.1 Å². The van der Waals surface area contributed by atoms with Crippen molar-refractivity contribution in [1.82, 2.24) is 4.90 Å². The molecule has 1 aliphatic rings. The molecule has 0 heterocycles. The Hall–Kier alpha value is -1.31. The van der Waals surface area contributed by atoms with Gasteiger partial charge in [0.05, 0.1) is 5.92 Å². The Morgan fingerprint density at radius 1 is 1.16 bits per heavy atom. The second-order valence-corrected chi connectivity index (χ2v) is 5.55. The van der Waals surface area contributed by atoms with E-state index in [1.54, 1.807) is 0 Å². The summed E-state index contributed by atoms with van der Waals surface area (Å²) in [4.78, 5) is 14.9. The van der Waals surface area contributed by atoms with E-state index in [0.29, 0.717) is 11.8 Å². The molecule has 1 fully saturated rings.